The number of nitrogens with zero attached hydrogens (tertiary/aromatic N) is 1. The summed E-state index contributed by atoms with van der Waals surface area (Å²) in [5.74, 6) is 1.40. The van der Waals surface area contributed by atoms with Crippen molar-refractivity contribution in [3.63, 3.8) is 0 Å². The smallest absolute Gasteiger partial charge is 0.246 e. The molecule has 1 amide bonds. The van der Waals surface area contributed by atoms with Gasteiger partial charge < -0.3 is 19.1 Å². The molecular formula is C19H27NO4. The van der Waals surface area contributed by atoms with Crippen LogP contribution < -0.4 is 9.47 Å². The van der Waals surface area contributed by atoms with Crippen LogP contribution in [0.25, 0.3) is 6.08 Å². The Kier molecular flexibility index (Phi) is 6.67. The highest BCUT2D eigenvalue weighted by atomic mass is 16.5. The van der Waals surface area contributed by atoms with E-state index >= 15 is 0 Å². The van der Waals surface area contributed by atoms with E-state index in [-0.39, 0.29) is 18.1 Å². The van der Waals surface area contributed by atoms with Gasteiger partial charge >= 0.3 is 0 Å². The normalized spacial score (nSPS) is 21.1. The van der Waals surface area contributed by atoms with Crippen LogP contribution in [0.4, 0.5) is 0 Å². The maximum atomic E-state index is 12.4. The van der Waals surface area contributed by atoms with Crippen molar-refractivity contribution in [3.05, 3.63) is 29.8 Å². The minimum absolute atomic E-state index is 0.00211. The van der Waals surface area contributed by atoms with Gasteiger partial charge in [0.05, 0.1) is 25.9 Å². The maximum absolute atomic E-state index is 12.4. The van der Waals surface area contributed by atoms with E-state index < -0.39 is 0 Å². The van der Waals surface area contributed by atoms with Gasteiger partial charge in [0.2, 0.25) is 5.91 Å². The molecule has 2 rings (SSSR count). The summed E-state index contributed by atoms with van der Waals surface area (Å²) in [5, 5.41) is 0. The molecule has 1 fully saturated rings. The number of hydrogen-bond acceptors (Lipinski definition) is 4. The summed E-state index contributed by atoms with van der Waals surface area (Å²) in [5.41, 5.74) is 0.901. The predicted molar refractivity (Wildman–Crippen MR) is 94.4 cm³/mol. The molecule has 0 aliphatic carbocycles. The van der Waals surface area contributed by atoms with E-state index in [1.807, 2.05) is 36.9 Å². The Morgan fingerprint density at radius 1 is 1.29 bits per heavy atom. The zero-order valence-corrected chi connectivity index (χ0v) is 15.0. The second-order valence-corrected chi connectivity index (χ2v) is 6.09. The zero-order valence-electron chi connectivity index (χ0n) is 15.0. The molecule has 1 heterocycles. The number of morpholine rings is 1. The highest BCUT2D eigenvalue weighted by Crippen LogP contribution is 2.28. The predicted octanol–water partition coefficient (Wildman–Crippen LogP) is 3.13. The Morgan fingerprint density at radius 2 is 2.00 bits per heavy atom. The molecule has 2 atom stereocenters. The Balaban J connectivity index is 2.04. The fourth-order valence-electron chi connectivity index (χ4n) is 2.75. The highest BCUT2D eigenvalue weighted by molar-refractivity contribution is 5.92. The number of carbonyl (C=O) groups excluding carboxylic acids is 1. The molecule has 5 nitrogen and oxygen atoms in total. The average molecular weight is 333 g/mol. The van der Waals surface area contributed by atoms with Gasteiger partial charge in [-0.3, -0.25) is 4.79 Å². The van der Waals surface area contributed by atoms with Crippen LogP contribution in [0.15, 0.2) is 24.3 Å². The molecule has 0 bridgehead atoms. The van der Waals surface area contributed by atoms with E-state index in [1.165, 1.54) is 0 Å². The molecule has 1 aromatic rings. The van der Waals surface area contributed by atoms with Gasteiger partial charge in [-0.05, 0) is 44.0 Å². The molecule has 2 unspecified atom stereocenters. The standard InChI is InChI=1S/C19H27NO4/c1-5-10-23-17-8-6-16(11-18(17)22-4)7-9-19(21)20-12-14(2)24-15(3)13-20/h6-9,11,14-15H,5,10,12-13H2,1-4H3/b9-7+. The van der Waals surface area contributed by atoms with E-state index in [4.69, 9.17) is 14.2 Å². The van der Waals surface area contributed by atoms with E-state index in [0.717, 1.165) is 17.7 Å². The first kappa shape index (κ1) is 18.3. The third-order valence-electron chi connectivity index (χ3n) is 3.80. The number of methoxy groups -OCH3 is 1. The average Bonchev–Trinajstić information content (AvgIpc) is 2.57. The van der Waals surface area contributed by atoms with Crippen molar-refractivity contribution in [2.45, 2.75) is 39.4 Å². The number of hydrogen-bond donors (Lipinski definition) is 0. The van der Waals surface area contributed by atoms with Crippen molar-refractivity contribution in [1.82, 2.24) is 4.90 Å². The summed E-state index contributed by atoms with van der Waals surface area (Å²) >= 11 is 0. The Hall–Kier alpha value is -2.01. The quantitative estimate of drug-likeness (QED) is 0.751. The van der Waals surface area contributed by atoms with Gasteiger partial charge in [0.1, 0.15) is 0 Å². The summed E-state index contributed by atoms with van der Waals surface area (Å²) in [6.45, 7) is 7.93. The molecule has 1 aromatic carbocycles. The van der Waals surface area contributed by atoms with Crippen LogP contribution in [0.5, 0.6) is 11.5 Å². The van der Waals surface area contributed by atoms with Crippen molar-refractivity contribution in [3.8, 4) is 11.5 Å². The fourth-order valence-corrected chi connectivity index (χ4v) is 2.75. The van der Waals surface area contributed by atoms with Crippen LogP contribution in [0.2, 0.25) is 0 Å². The molecule has 0 radical (unpaired) electrons. The number of benzene rings is 1. The van der Waals surface area contributed by atoms with Gasteiger partial charge in [0, 0.05) is 19.2 Å². The number of rotatable bonds is 6. The van der Waals surface area contributed by atoms with Gasteiger partial charge in [-0.2, -0.15) is 0 Å². The van der Waals surface area contributed by atoms with Crippen LogP contribution >= 0.6 is 0 Å². The zero-order chi connectivity index (χ0) is 17.5. The van der Waals surface area contributed by atoms with Crippen molar-refractivity contribution < 1.29 is 19.0 Å². The Morgan fingerprint density at radius 3 is 2.62 bits per heavy atom. The van der Waals surface area contributed by atoms with Gasteiger partial charge in [-0.1, -0.05) is 13.0 Å². The molecular weight excluding hydrogens is 306 g/mol. The molecule has 0 aromatic heterocycles. The largest absolute Gasteiger partial charge is 0.493 e. The number of amides is 1. The van der Waals surface area contributed by atoms with Crippen LogP contribution in [-0.2, 0) is 9.53 Å². The van der Waals surface area contributed by atoms with Crippen LogP contribution in [0, 0.1) is 0 Å². The minimum atomic E-state index is 0.00211. The molecule has 5 heteroatoms. The monoisotopic (exact) mass is 333 g/mol. The molecule has 24 heavy (non-hydrogen) atoms. The lowest BCUT2D eigenvalue weighted by atomic mass is 10.1. The fraction of sp³-hybridized carbons (Fsp3) is 0.526. The third kappa shape index (κ3) is 4.99. The van der Waals surface area contributed by atoms with Crippen molar-refractivity contribution in [1.29, 1.82) is 0 Å². The number of carbonyl (C=O) groups is 1. The molecule has 1 aliphatic heterocycles. The first-order valence-corrected chi connectivity index (χ1v) is 8.46. The van der Waals surface area contributed by atoms with Crippen molar-refractivity contribution >= 4 is 12.0 Å². The third-order valence-corrected chi connectivity index (χ3v) is 3.80. The van der Waals surface area contributed by atoms with Gasteiger partial charge in [0.25, 0.3) is 0 Å². The molecule has 132 valence electrons. The Bertz CT molecular complexity index is 575. The second-order valence-electron chi connectivity index (χ2n) is 6.09. The lowest BCUT2D eigenvalue weighted by Gasteiger charge is -2.34. The van der Waals surface area contributed by atoms with Gasteiger partial charge in [-0.15, -0.1) is 0 Å². The van der Waals surface area contributed by atoms with E-state index in [1.54, 1.807) is 19.3 Å². The summed E-state index contributed by atoms with van der Waals surface area (Å²) in [7, 11) is 1.61. The summed E-state index contributed by atoms with van der Waals surface area (Å²) in [4.78, 5) is 14.2. The first-order chi connectivity index (χ1) is 11.5. The van der Waals surface area contributed by atoms with Crippen molar-refractivity contribution in [2.75, 3.05) is 26.8 Å². The highest BCUT2D eigenvalue weighted by Gasteiger charge is 2.24. The molecule has 0 spiro atoms. The lowest BCUT2D eigenvalue weighted by molar-refractivity contribution is -0.137. The summed E-state index contributed by atoms with van der Waals surface area (Å²) in [6, 6.07) is 5.67. The second kappa shape index (κ2) is 8.73. The van der Waals surface area contributed by atoms with Crippen LogP contribution in [0.1, 0.15) is 32.8 Å². The van der Waals surface area contributed by atoms with Gasteiger partial charge in [0.15, 0.2) is 11.5 Å². The minimum Gasteiger partial charge on any atom is -0.493 e. The SMILES string of the molecule is CCCOc1ccc(/C=C/C(=O)N2CC(C)OC(C)C2)cc1OC. The molecule has 1 aliphatic rings. The van der Waals surface area contributed by atoms with Crippen LogP contribution in [-0.4, -0.2) is 49.8 Å². The summed E-state index contributed by atoms with van der Waals surface area (Å²) in [6.07, 6.45) is 4.49. The lowest BCUT2D eigenvalue weighted by Crippen LogP contribution is -2.47. The number of ether oxygens (including phenoxy) is 3. The van der Waals surface area contributed by atoms with Crippen LogP contribution in [0.3, 0.4) is 0 Å². The molecule has 1 saturated heterocycles. The van der Waals surface area contributed by atoms with Gasteiger partial charge in [-0.25, -0.2) is 0 Å². The van der Waals surface area contributed by atoms with E-state index in [9.17, 15) is 4.79 Å². The molecule has 0 N–H and O–H groups in total. The van der Waals surface area contributed by atoms with E-state index in [2.05, 4.69) is 6.92 Å². The van der Waals surface area contributed by atoms with Crippen molar-refractivity contribution in [2.24, 2.45) is 0 Å². The first-order valence-electron chi connectivity index (χ1n) is 8.46. The summed E-state index contributed by atoms with van der Waals surface area (Å²) < 4.78 is 16.7. The molecule has 0 saturated carbocycles. The topological polar surface area (TPSA) is 48.0 Å². The maximum Gasteiger partial charge on any atom is 0.246 e. The Labute approximate surface area is 144 Å². The van der Waals surface area contributed by atoms with E-state index in [0.29, 0.717) is 25.4 Å².